The van der Waals surface area contributed by atoms with Crippen LogP contribution in [0.15, 0.2) is 23.9 Å². The Morgan fingerprint density at radius 1 is 1.55 bits per heavy atom. The third-order valence-electron chi connectivity index (χ3n) is 1.99. The average Bonchev–Trinajstić information content (AvgIpc) is 2.73. The van der Waals surface area contributed by atoms with Gasteiger partial charge in [0.2, 0.25) is 5.91 Å². The molecule has 0 spiro atoms. The number of hydrogen-bond acceptors (Lipinski definition) is 1. The second-order valence-corrected chi connectivity index (χ2v) is 3.06. The number of rotatable bonds is 2. The van der Waals surface area contributed by atoms with Crippen molar-refractivity contribution in [2.45, 2.75) is 19.3 Å². The van der Waals surface area contributed by atoms with E-state index >= 15 is 0 Å². The van der Waals surface area contributed by atoms with Crippen molar-refractivity contribution in [3.8, 4) is 0 Å². The third-order valence-corrected chi connectivity index (χ3v) is 1.99. The summed E-state index contributed by atoms with van der Waals surface area (Å²) >= 11 is 0. The van der Waals surface area contributed by atoms with E-state index < -0.39 is 0 Å². The van der Waals surface area contributed by atoms with Gasteiger partial charge in [0, 0.05) is 11.6 Å². The van der Waals surface area contributed by atoms with Crippen LogP contribution in [0.5, 0.6) is 0 Å². The van der Waals surface area contributed by atoms with Crippen LogP contribution in [0.4, 0.5) is 0 Å². The minimum absolute atomic E-state index is 0.197. The Morgan fingerprint density at radius 3 is 2.91 bits per heavy atom. The van der Waals surface area contributed by atoms with Crippen LogP contribution in [-0.2, 0) is 4.79 Å². The molecule has 0 aromatic carbocycles. The van der Waals surface area contributed by atoms with Crippen molar-refractivity contribution in [1.29, 1.82) is 0 Å². The van der Waals surface area contributed by atoms with E-state index in [-0.39, 0.29) is 5.91 Å². The van der Waals surface area contributed by atoms with Crippen molar-refractivity contribution in [1.82, 2.24) is 5.32 Å². The number of nitrogens with one attached hydrogen (secondary N) is 1. The predicted molar refractivity (Wildman–Crippen MR) is 42.7 cm³/mol. The first kappa shape index (κ1) is 6.65. The van der Waals surface area contributed by atoms with Crippen molar-refractivity contribution in [2.75, 3.05) is 0 Å². The highest BCUT2D eigenvalue weighted by Gasteiger charge is 2.29. The van der Waals surface area contributed by atoms with E-state index in [0.29, 0.717) is 5.92 Å². The minimum atomic E-state index is 0.197. The maximum absolute atomic E-state index is 11.2. The highest BCUT2D eigenvalue weighted by Crippen LogP contribution is 2.29. The first-order chi connectivity index (χ1) is 5.36. The molecule has 58 valence electrons. The lowest BCUT2D eigenvalue weighted by Gasteiger charge is -2.00. The molecule has 2 nitrogen and oxygen atoms in total. The van der Waals surface area contributed by atoms with E-state index in [0.717, 1.165) is 25.0 Å². The molecule has 0 unspecified atom stereocenters. The molecule has 2 rings (SSSR count). The van der Waals surface area contributed by atoms with Crippen LogP contribution < -0.4 is 5.32 Å². The molecule has 0 aromatic heterocycles. The van der Waals surface area contributed by atoms with E-state index in [4.69, 9.17) is 0 Å². The fraction of sp³-hybridized carbons (Fsp3) is 0.444. The lowest BCUT2D eigenvalue weighted by molar-refractivity contribution is -0.121. The summed E-state index contributed by atoms with van der Waals surface area (Å²) in [5.74, 6) is 0.507. The summed E-state index contributed by atoms with van der Waals surface area (Å²) in [5, 5.41) is 2.88. The molecule has 1 fully saturated rings. The molecule has 1 saturated carbocycles. The van der Waals surface area contributed by atoms with Gasteiger partial charge in [0.25, 0.3) is 0 Å². The highest BCUT2D eigenvalue weighted by atomic mass is 16.2. The second kappa shape index (κ2) is 2.53. The summed E-state index contributed by atoms with van der Waals surface area (Å²) in [6, 6.07) is 0. The number of hydrogen-bond donors (Lipinski definition) is 1. The van der Waals surface area contributed by atoms with Gasteiger partial charge in [-0.05, 0) is 25.3 Å². The van der Waals surface area contributed by atoms with Crippen LogP contribution in [0.2, 0.25) is 0 Å². The van der Waals surface area contributed by atoms with Gasteiger partial charge in [-0.25, -0.2) is 0 Å². The molecule has 0 radical (unpaired) electrons. The van der Waals surface area contributed by atoms with Crippen LogP contribution in [0.3, 0.4) is 0 Å². The van der Waals surface area contributed by atoms with Crippen molar-refractivity contribution < 1.29 is 4.79 Å². The molecule has 0 bridgehead atoms. The molecule has 2 aliphatic carbocycles. The molecule has 1 amide bonds. The first-order valence-corrected chi connectivity index (χ1v) is 4.04. The molecule has 0 heterocycles. The molecule has 0 saturated heterocycles. The largest absolute Gasteiger partial charge is 0.326 e. The summed E-state index contributed by atoms with van der Waals surface area (Å²) in [6.45, 7) is 0. The van der Waals surface area contributed by atoms with Gasteiger partial charge >= 0.3 is 0 Å². The van der Waals surface area contributed by atoms with E-state index in [2.05, 4.69) is 5.32 Å². The van der Waals surface area contributed by atoms with Gasteiger partial charge < -0.3 is 5.32 Å². The second-order valence-electron chi connectivity index (χ2n) is 3.06. The SMILES string of the molecule is O=C(NC1=CCC=C1)C1CC1. The average molecular weight is 149 g/mol. The highest BCUT2D eigenvalue weighted by molar-refractivity contribution is 5.82. The zero-order valence-electron chi connectivity index (χ0n) is 6.34. The van der Waals surface area contributed by atoms with E-state index in [9.17, 15) is 4.79 Å². The van der Waals surface area contributed by atoms with E-state index in [1.807, 2.05) is 18.2 Å². The Bertz CT molecular complexity index is 236. The molecule has 11 heavy (non-hydrogen) atoms. The Balaban J connectivity index is 1.88. The summed E-state index contributed by atoms with van der Waals surface area (Å²) in [6.07, 6.45) is 9.13. The number of allylic oxidation sites excluding steroid dienone is 3. The summed E-state index contributed by atoms with van der Waals surface area (Å²) < 4.78 is 0. The maximum Gasteiger partial charge on any atom is 0.227 e. The lowest BCUT2D eigenvalue weighted by atomic mass is 10.3. The number of carbonyl (C=O) groups excluding carboxylic acids is 1. The Kier molecular flexibility index (Phi) is 1.53. The fourth-order valence-electron chi connectivity index (χ4n) is 1.14. The molecular weight excluding hydrogens is 138 g/mol. The number of carbonyl (C=O) groups is 1. The van der Waals surface area contributed by atoms with Gasteiger partial charge in [-0.3, -0.25) is 4.79 Å². The van der Waals surface area contributed by atoms with Gasteiger partial charge in [0.05, 0.1) is 0 Å². The molecule has 2 aliphatic rings. The normalized spacial score (nSPS) is 21.6. The van der Waals surface area contributed by atoms with Gasteiger partial charge in [0.1, 0.15) is 0 Å². The van der Waals surface area contributed by atoms with Gasteiger partial charge in [-0.15, -0.1) is 0 Å². The first-order valence-electron chi connectivity index (χ1n) is 4.04. The Labute approximate surface area is 66.0 Å². The van der Waals surface area contributed by atoms with Crippen molar-refractivity contribution in [3.63, 3.8) is 0 Å². The zero-order chi connectivity index (χ0) is 7.68. The van der Waals surface area contributed by atoms with Crippen molar-refractivity contribution in [2.24, 2.45) is 5.92 Å². The van der Waals surface area contributed by atoms with E-state index in [1.165, 1.54) is 0 Å². The van der Waals surface area contributed by atoms with Crippen molar-refractivity contribution >= 4 is 5.91 Å². The molecule has 2 heteroatoms. The molecule has 0 atom stereocenters. The summed E-state index contributed by atoms with van der Waals surface area (Å²) in [5.41, 5.74) is 0.974. The topological polar surface area (TPSA) is 29.1 Å². The predicted octanol–water partition coefficient (Wildman–Crippen LogP) is 1.36. The van der Waals surface area contributed by atoms with Crippen LogP contribution in [-0.4, -0.2) is 5.91 Å². The van der Waals surface area contributed by atoms with Crippen molar-refractivity contribution in [3.05, 3.63) is 23.9 Å². The summed E-state index contributed by atoms with van der Waals surface area (Å²) in [7, 11) is 0. The third kappa shape index (κ3) is 1.50. The molecular formula is C9H11NO. The van der Waals surface area contributed by atoms with Gasteiger partial charge in [-0.2, -0.15) is 0 Å². The standard InChI is InChI=1S/C9H11NO/c11-9(7-5-6-7)10-8-3-1-2-4-8/h1,3-4,7H,2,5-6H2,(H,10,11). The minimum Gasteiger partial charge on any atom is -0.326 e. The Hall–Kier alpha value is -1.05. The smallest absolute Gasteiger partial charge is 0.227 e. The summed E-state index contributed by atoms with van der Waals surface area (Å²) in [4.78, 5) is 11.2. The van der Waals surface area contributed by atoms with Crippen LogP contribution in [0.1, 0.15) is 19.3 Å². The zero-order valence-corrected chi connectivity index (χ0v) is 6.34. The molecule has 0 aromatic rings. The lowest BCUT2D eigenvalue weighted by Crippen LogP contribution is -2.22. The van der Waals surface area contributed by atoms with E-state index in [1.54, 1.807) is 0 Å². The molecule has 0 aliphatic heterocycles. The van der Waals surface area contributed by atoms with Crippen LogP contribution >= 0.6 is 0 Å². The van der Waals surface area contributed by atoms with Gasteiger partial charge in [0.15, 0.2) is 0 Å². The van der Waals surface area contributed by atoms with Crippen LogP contribution in [0.25, 0.3) is 0 Å². The Morgan fingerprint density at radius 2 is 2.36 bits per heavy atom. The van der Waals surface area contributed by atoms with Crippen LogP contribution in [0, 0.1) is 5.92 Å². The maximum atomic E-state index is 11.2. The molecule has 1 N–H and O–H groups in total. The quantitative estimate of drug-likeness (QED) is 0.631. The fourth-order valence-corrected chi connectivity index (χ4v) is 1.14. The monoisotopic (exact) mass is 149 g/mol. The number of amides is 1. The van der Waals surface area contributed by atoms with Gasteiger partial charge in [-0.1, -0.05) is 12.2 Å².